The van der Waals surface area contributed by atoms with Crippen molar-refractivity contribution >= 4 is 0 Å². The first-order valence-electron chi connectivity index (χ1n) is 8.11. The Labute approximate surface area is 152 Å². The van der Waals surface area contributed by atoms with E-state index in [-0.39, 0.29) is 0 Å². The number of pyridine rings is 2. The molecule has 0 saturated heterocycles. The Hall–Kier alpha value is -3.48. The zero-order valence-electron chi connectivity index (χ0n) is 13.9. The molecule has 4 nitrogen and oxygen atoms in total. The highest BCUT2D eigenvalue weighted by atomic mass is 19.4. The van der Waals surface area contributed by atoms with Gasteiger partial charge in [0.25, 0.3) is 0 Å². The molecule has 0 saturated carbocycles. The molecular formula is C20H13F3N4. The lowest BCUT2D eigenvalue weighted by Gasteiger charge is -2.06. The Morgan fingerprint density at radius 3 is 1.78 bits per heavy atom. The summed E-state index contributed by atoms with van der Waals surface area (Å²) in [6, 6.07) is 12.3. The topological polar surface area (TPSA) is 54.5 Å². The summed E-state index contributed by atoms with van der Waals surface area (Å²) in [6.07, 6.45) is 2.30. The number of halogens is 3. The lowest BCUT2D eigenvalue weighted by molar-refractivity contribution is -0.137. The Morgan fingerprint density at radius 2 is 1.22 bits per heavy atom. The van der Waals surface area contributed by atoms with Gasteiger partial charge in [-0.3, -0.25) is 9.97 Å². The third-order valence-corrected chi connectivity index (χ3v) is 4.11. The third-order valence-electron chi connectivity index (χ3n) is 4.11. The van der Waals surface area contributed by atoms with Gasteiger partial charge in [-0.15, -0.1) is 0 Å². The molecule has 0 amide bonds. The molecule has 0 spiro atoms. The van der Waals surface area contributed by atoms with Crippen LogP contribution < -0.4 is 0 Å². The Balaban J connectivity index is 1.82. The third kappa shape index (κ3) is 3.44. The monoisotopic (exact) mass is 366 g/mol. The number of alkyl halides is 3. The number of aromatic amines is 1. The Morgan fingerprint density at radius 1 is 0.667 bits per heavy atom. The van der Waals surface area contributed by atoms with Gasteiger partial charge in [-0.2, -0.15) is 13.2 Å². The van der Waals surface area contributed by atoms with Gasteiger partial charge in [-0.1, -0.05) is 12.1 Å². The molecule has 0 bridgehead atoms. The van der Waals surface area contributed by atoms with Crippen molar-refractivity contribution in [3.63, 3.8) is 0 Å². The highest BCUT2D eigenvalue weighted by Gasteiger charge is 2.30. The van der Waals surface area contributed by atoms with Gasteiger partial charge in [0.2, 0.25) is 0 Å². The SMILES string of the molecule is FC(F)(F)c1ccc(-c2nc(-c3ccncc3)c(-c3ccncc3)[nH]2)cc1. The summed E-state index contributed by atoms with van der Waals surface area (Å²) in [4.78, 5) is 15.9. The summed E-state index contributed by atoms with van der Waals surface area (Å²) in [5.41, 5.74) is 3.06. The standard InChI is InChI=1S/C20H13F3N4/c21-20(22,23)16-3-1-15(2-4-16)19-26-17(13-5-9-24-10-6-13)18(27-19)14-7-11-25-12-8-14/h1-12H,(H,26,27). The van der Waals surface area contributed by atoms with Crippen LogP contribution in [0.25, 0.3) is 33.9 Å². The summed E-state index contributed by atoms with van der Waals surface area (Å²) in [7, 11) is 0. The highest BCUT2D eigenvalue weighted by Crippen LogP contribution is 2.34. The average molecular weight is 366 g/mol. The fourth-order valence-corrected chi connectivity index (χ4v) is 2.77. The molecule has 3 aromatic heterocycles. The maximum Gasteiger partial charge on any atom is 0.416 e. The van der Waals surface area contributed by atoms with Crippen molar-refractivity contribution in [3.8, 4) is 33.9 Å². The molecule has 3 heterocycles. The molecule has 0 aliphatic heterocycles. The molecule has 0 unspecified atom stereocenters. The van der Waals surface area contributed by atoms with Crippen molar-refractivity contribution in [1.29, 1.82) is 0 Å². The normalized spacial score (nSPS) is 11.5. The number of rotatable bonds is 3. The zero-order chi connectivity index (χ0) is 18.9. The minimum Gasteiger partial charge on any atom is -0.337 e. The van der Waals surface area contributed by atoms with Crippen molar-refractivity contribution in [2.75, 3.05) is 0 Å². The van der Waals surface area contributed by atoms with Gasteiger partial charge in [0.1, 0.15) is 5.82 Å². The number of aromatic nitrogens is 4. The second-order valence-electron chi connectivity index (χ2n) is 5.86. The molecule has 4 aromatic rings. The molecule has 7 heteroatoms. The number of hydrogen-bond donors (Lipinski definition) is 1. The van der Waals surface area contributed by atoms with Crippen LogP contribution in [0.2, 0.25) is 0 Å². The minimum absolute atomic E-state index is 0.488. The van der Waals surface area contributed by atoms with Crippen LogP contribution in [0, 0.1) is 0 Å². The number of benzene rings is 1. The van der Waals surface area contributed by atoms with E-state index in [1.165, 1.54) is 12.1 Å². The second kappa shape index (κ2) is 6.68. The maximum absolute atomic E-state index is 12.8. The molecular weight excluding hydrogens is 353 g/mol. The van der Waals surface area contributed by atoms with Gasteiger partial charge in [0.15, 0.2) is 0 Å². The van der Waals surface area contributed by atoms with Crippen LogP contribution in [0.15, 0.2) is 73.3 Å². The molecule has 27 heavy (non-hydrogen) atoms. The first-order chi connectivity index (χ1) is 13.0. The van der Waals surface area contributed by atoms with Crippen molar-refractivity contribution in [3.05, 3.63) is 78.9 Å². The fourth-order valence-electron chi connectivity index (χ4n) is 2.77. The van der Waals surface area contributed by atoms with E-state index in [9.17, 15) is 13.2 Å². The van der Waals surface area contributed by atoms with Crippen LogP contribution in [0.1, 0.15) is 5.56 Å². The van der Waals surface area contributed by atoms with E-state index in [0.29, 0.717) is 17.1 Å². The predicted molar refractivity (Wildman–Crippen MR) is 95.5 cm³/mol. The first kappa shape index (κ1) is 17.0. The van der Waals surface area contributed by atoms with Crippen LogP contribution >= 0.6 is 0 Å². The zero-order valence-corrected chi connectivity index (χ0v) is 13.9. The lowest BCUT2D eigenvalue weighted by Crippen LogP contribution is -2.04. The maximum atomic E-state index is 12.8. The van der Waals surface area contributed by atoms with E-state index >= 15 is 0 Å². The van der Waals surface area contributed by atoms with Crippen LogP contribution in [0.4, 0.5) is 13.2 Å². The van der Waals surface area contributed by atoms with E-state index in [4.69, 9.17) is 0 Å². The van der Waals surface area contributed by atoms with E-state index in [1.54, 1.807) is 24.8 Å². The van der Waals surface area contributed by atoms with Crippen LogP contribution in [-0.4, -0.2) is 19.9 Å². The predicted octanol–water partition coefficient (Wildman–Crippen LogP) is 5.22. The minimum atomic E-state index is -4.37. The molecule has 0 atom stereocenters. The molecule has 4 rings (SSSR count). The quantitative estimate of drug-likeness (QED) is 0.541. The summed E-state index contributed by atoms with van der Waals surface area (Å²) in [5.74, 6) is 0.488. The number of hydrogen-bond acceptors (Lipinski definition) is 3. The van der Waals surface area contributed by atoms with Crippen molar-refractivity contribution < 1.29 is 13.2 Å². The van der Waals surface area contributed by atoms with E-state index in [1.807, 2.05) is 24.3 Å². The van der Waals surface area contributed by atoms with E-state index < -0.39 is 11.7 Å². The van der Waals surface area contributed by atoms with Gasteiger partial charge in [-0.05, 0) is 36.4 Å². The summed E-state index contributed by atoms with van der Waals surface area (Å²) >= 11 is 0. The number of imidazole rings is 1. The molecule has 0 aliphatic carbocycles. The second-order valence-corrected chi connectivity index (χ2v) is 5.86. The summed E-state index contributed by atoms with van der Waals surface area (Å²) in [5, 5.41) is 0. The van der Waals surface area contributed by atoms with Crippen molar-refractivity contribution in [1.82, 2.24) is 19.9 Å². The van der Waals surface area contributed by atoms with Gasteiger partial charge in [-0.25, -0.2) is 4.98 Å². The van der Waals surface area contributed by atoms with Gasteiger partial charge < -0.3 is 4.98 Å². The number of H-pyrrole nitrogens is 1. The molecule has 0 radical (unpaired) electrons. The number of nitrogens with one attached hydrogen (secondary N) is 1. The smallest absolute Gasteiger partial charge is 0.337 e. The molecule has 1 N–H and O–H groups in total. The Bertz CT molecular complexity index is 983. The molecule has 134 valence electrons. The Kier molecular flexibility index (Phi) is 4.19. The van der Waals surface area contributed by atoms with E-state index in [0.717, 1.165) is 29.0 Å². The highest BCUT2D eigenvalue weighted by molar-refractivity contribution is 5.80. The van der Waals surface area contributed by atoms with Crippen LogP contribution in [0.5, 0.6) is 0 Å². The largest absolute Gasteiger partial charge is 0.416 e. The van der Waals surface area contributed by atoms with Crippen LogP contribution in [0.3, 0.4) is 0 Å². The lowest BCUT2D eigenvalue weighted by atomic mass is 10.1. The first-order valence-corrected chi connectivity index (χ1v) is 8.11. The molecule has 0 fully saturated rings. The van der Waals surface area contributed by atoms with Gasteiger partial charge in [0.05, 0.1) is 17.0 Å². The van der Waals surface area contributed by atoms with E-state index in [2.05, 4.69) is 19.9 Å². The summed E-state index contributed by atoms with van der Waals surface area (Å²) < 4.78 is 38.4. The van der Waals surface area contributed by atoms with Gasteiger partial charge >= 0.3 is 6.18 Å². The van der Waals surface area contributed by atoms with Crippen molar-refractivity contribution in [2.45, 2.75) is 6.18 Å². The fraction of sp³-hybridized carbons (Fsp3) is 0.0500. The van der Waals surface area contributed by atoms with Crippen molar-refractivity contribution in [2.24, 2.45) is 0 Å². The molecule has 0 aliphatic rings. The number of nitrogens with zero attached hydrogens (tertiary/aromatic N) is 3. The molecule has 1 aromatic carbocycles. The summed E-state index contributed by atoms with van der Waals surface area (Å²) in [6.45, 7) is 0. The van der Waals surface area contributed by atoms with Gasteiger partial charge in [0, 0.05) is 41.5 Å². The average Bonchev–Trinajstić information content (AvgIpc) is 3.14. The van der Waals surface area contributed by atoms with Crippen LogP contribution in [-0.2, 0) is 6.18 Å².